The van der Waals surface area contributed by atoms with Gasteiger partial charge >= 0.3 is 5.97 Å². The minimum atomic E-state index is -0.840. The Kier molecular flexibility index (Phi) is 13.9. The maximum Gasteiger partial charge on any atom is 0.328 e. The molecular formula is C38H40ClN7O4S2. The zero-order valence-corrected chi connectivity index (χ0v) is 31.5. The largest absolute Gasteiger partial charge is 0.490 e. The molecule has 0 unspecified atom stereocenters. The van der Waals surface area contributed by atoms with Crippen molar-refractivity contribution in [1.82, 2.24) is 15.3 Å². The summed E-state index contributed by atoms with van der Waals surface area (Å²) < 4.78 is 11.1. The van der Waals surface area contributed by atoms with Gasteiger partial charge in [-0.3, -0.25) is 4.79 Å². The second-order valence-corrected chi connectivity index (χ2v) is 14.5. The number of esters is 1. The number of carbonyl (C=O) groups excluding carboxylic acids is 2. The van der Waals surface area contributed by atoms with Crippen LogP contribution < -0.4 is 20.7 Å². The van der Waals surface area contributed by atoms with Crippen LogP contribution in [0.4, 0.5) is 11.5 Å². The maximum absolute atomic E-state index is 12.4. The van der Waals surface area contributed by atoms with E-state index in [2.05, 4.69) is 21.1 Å². The number of rotatable bonds is 16. The molecule has 5 rings (SSSR count). The number of nitrogens with one attached hydrogen (secondary N) is 1. The second-order valence-electron chi connectivity index (χ2n) is 12.2. The van der Waals surface area contributed by atoms with Crippen LogP contribution in [0.1, 0.15) is 57.2 Å². The number of carbonyl (C=O) groups is 2. The Morgan fingerprint density at radius 2 is 1.85 bits per heavy atom. The Balaban J connectivity index is 1.28. The number of pyridine rings is 1. The molecule has 0 spiro atoms. The van der Waals surface area contributed by atoms with Crippen LogP contribution >= 0.6 is 34.7 Å². The standard InChI is InChI=1S/C38H40ClN7O4S2/c1-4-5-8-31(41)35(47)43-24(2)38(48)50-20-19-49-29-15-11-25(12-16-29)32-30(21-40)37(45-34(33(32)42-3)46-17-6-7-18-46)52-23-28-22-51-36(44-28)26-9-13-27(39)14-10-26/h9-16,22,24,31H,4-8,17-20,23,41H2,1-2H3,(H,43,47)/t24-,31-/m0/s1. The number of amides is 1. The second kappa shape index (κ2) is 18.7. The highest BCUT2D eigenvalue weighted by atomic mass is 35.5. The maximum atomic E-state index is 12.4. The number of nitrogens with zero attached hydrogens (tertiary/aromatic N) is 5. The van der Waals surface area contributed by atoms with Crippen molar-refractivity contribution in [2.45, 2.75) is 68.8 Å². The van der Waals surface area contributed by atoms with Crippen LogP contribution in [0.15, 0.2) is 58.9 Å². The highest BCUT2D eigenvalue weighted by molar-refractivity contribution is 7.98. The van der Waals surface area contributed by atoms with Crippen LogP contribution in [0.25, 0.3) is 26.5 Å². The molecule has 4 aromatic rings. The predicted molar refractivity (Wildman–Crippen MR) is 206 cm³/mol. The molecule has 2 atom stereocenters. The van der Waals surface area contributed by atoms with Crippen molar-refractivity contribution in [1.29, 1.82) is 5.26 Å². The van der Waals surface area contributed by atoms with Crippen molar-refractivity contribution >= 4 is 58.1 Å². The third kappa shape index (κ3) is 9.81. The smallest absolute Gasteiger partial charge is 0.328 e. The summed E-state index contributed by atoms with van der Waals surface area (Å²) in [6.07, 6.45) is 4.32. The van der Waals surface area contributed by atoms with E-state index in [-0.39, 0.29) is 19.1 Å². The number of benzene rings is 2. The molecule has 3 N–H and O–H groups in total. The lowest BCUT2D eigenvalue weighted by Gasteiger charge is -2.22. The third-order valence-electron chi connectivity index (χ3n) is 8.41. The summed E-state index contributed by atoms with van der Waals surface area (Å²) in [5.41, 5.74) is 9.63. The number of unbranched alkanes of at least 4 members (excludes halogenated alkanes) is 1. The summed E-state index contributed by atoms with van der Waals surface area (Å²) in [6.45, 7) is 13.4. The lowest BCUT2D eigenvalue weighted by atomic mass is 9.99. The number of nitrogens with two attached hydrogens (primary N) is 1. The van der Waals surface area contributed by atoms with Crippen LogP contribution in [0, 0.1) is 17.9 Å². The molecule has 0 radical (unpaired) electrons. The van der Waals surface area contributed by atoms with E-state index in [0.717, 1.165) is 55.0 Å². The number of anilines is 1. The topological polar surface area (TPSA) is 148 Å². The highest BCUT2D eigenvalue weighted by Crippen LogP contribution is 2.45. The molecule has 1 aliphatic heterocycles. The Bertz CT molecular complexity index is 1930. The van der Waals surface area contributed by atoms with Gasteiger partial charge < -0.3 is 25.4 Å². The number of ether oxygens (including phenoxy) is 2. The fraction of sp³-hybridized carbons (Fsp3) is 0.368. The first-order valence-corrected chi connectivity index (χ1v) is 19.4. The molecule has 2 aromatic heterocycles. The van der Waals surface area contributed by atoms with E-state index in [1.807, 2.05) is 48.7 Å². The molecule has 2 aromatic carbocycles. The average molecular weight is 758 g/mol. The van der Waals surface area contributed by atoms with Crippen LogP contribution in [0.5, 0.6) is 5.75 Å². The zero-order valence-electron chi connectivity index (χ0n) is 29.1. The summed E-state index contributed by atoms with van der Waals surface area (Å²) in [7, 11) is 0. The summed E-state index contributed by atoms with van der Waals surface area (Å²) in [4.78, 5) is 40.4. The number of hydrogen-bond donors (Lipinski definition) is 2. The molecule has 1 aliphatic rings. The third-order valence-corrected chi connectivity index (χ3v) is 10.6. The van der Waals surface area contributed by atoms with Gasteiger partial charge in [-0.05, 0) is 56.0 Å². The number of thioether (sulfide) groups is 1. The number of halogens is 1. The Labute approximate surface area is 317 Å². The van der Waals surface area contributed by atoms with Gasteiger partial charge in [-0.1, -0.05) is 67.4 Å². The summed E-state index contributed by atoms with van der Waals surface area (Å²) in [6, 6.07) is 15.5. The van der Waals surface area contributed by atoms with E-state index in [1.165, 1.54) is 11.8 Å². The van der Waals surface area contributed by atoms with Crippen molar-refractivity contribution in [3.05, 3.63) is 81.6 Å². The van der Waals surface area contributed by atoms with Gasteiger partial charge in [-0.15, -0.1) is 11.3 Å². The molecule has 14 heteroatoms. The Hall–Kier alpha value is -4.66. The van der Waals surface area contributed by atoms with Gasteiger partial charge in [-0.25, -0.2) is 19.6 Å². The van der Waals surface area contributed by atoms with E-state index in [9.17, 15) is 14.9 Å². The number of hydrogen-bond acceptors (Lipinski definition) is 11. The predicted octanol–water partition coefficient (Wildman–Crippen LogP) is 7.78. The van der Waals surface area contributed by atoms with Crippen molar-refractivity contribution in [2.75, 3.05) is 31.2 Å². The van der Waals surface area contributed by atoms with Crippen LogP contribution in [0.3, 0.4) is 0 Å². The monoisotopic (exact) mass is 757 g/mol. The molecule has 0 bridgehead atoms. The highest BCUT2D eigenvalue weighted by Gasteiger charge is 2.27. The van der Waals surface area contributed by atoms with E-state index < -0.39 is 18.1 Å². The van der Waals surface area contributed by atoms with Gasteiger partial charge in [-0.2, -0.15) is 5.26 Å². The first kappa shape index (κ1) is 38.6. The van der Waals surface area contributed by atoms with Crippen molar-refractivity contribution < 1.29 is 19.1 Å². The normalized spacial score (nSPS) is 13.5. The minimum Gasteiger partial charge on any atom is -0.490 e. The summed E-state index contributed by atoms with van der Waals surface area (Å²) in [5, 5.41) is 17.2. The average Bonchev–Trinajstić information content (AvgIpc) is 3.88. The van der Waals surface area contributed by atoms with Crippen molar-refractivity contribution in [3.8, 4) is 33.5 Å². The minimum absolute atomic E-state index is 0.0204. The Morgan fingerprint density at radius 1 is 1.13 bits per heavy atom. The number of thiazole rings is 1. The van der Waals surface area contributed by atoms with Crippen molar-refractivity contribution in [3.63, 3.8) is 0 Å². The molecule has 52 heavy (non-hydrogen) atoms. The molecule has 1 amide bonds. The van der Waals surface area contributed by atoms with E-state index in [0.29, 0.717) is 56.2 Å². The molecule has 11 nitrogen and oxygen atoms in total. The first-order chi connectivity index (χ1) is 25.2. The number of aromatic nitrogens is 2. The van der Waals surface area contributed by atoms with E-state index >= 15 is 0 Å². The molecule has 270 valence electrons. The fourth-order valence-electron chi connectivity index (χ4n) is 5.61. The molecule has 0 aliphatic carbocycles. The zero-order chi connectivity index (χ0) is 37.0. The van der Waals surface area contributed by atoms with Crippen LogP contribution in [-0.2, 0) is 20.1 Å². The fourth-order valence-corrected chi connectivity index (χ4v) is 7.54. The molecule has 1 saturated heterocycles. The van der Waals surface area contributed by atoms with Crippen LogP contribution in [-0.4, -0.2) is 60.2 Å². The molecular weight excluding hydrogens is 718 g/mol. The van der Waals surface area contributed by atoms with E-state index in [1.54, 1.807) is 30.4 Å². The van der Waals surface area contributed by atoms with Crippen molar-refractivity contribution in [2.24, 2.45) is 5.73 Å². The van der Waals surface area contributed by atoms with Gasteiger partial charge in [0.25, 0.3) is 0 Å². The van der Waals surface area contributed by atoms with Gasteiger partial charge in [0, 0.05) is 40.4 Å². The van der Waals surface area contributed by atoms with Gasteiger partial charge in [0.15, 0.2) is 0 Å². The van der Waals surface area contributed by atoms with Gasteiger partial charge in [0.1, 0.15) is 46.9 Å². The molecule has 1 fully saturated rings. The number of nitriles is 1. The Morgan fingerprint density at radius 3 is 2.52 bits per heavy atom. The van der Waals surface area contributed by atoms with Crippen LogP contribution in [0.2, 0.25) is 5.02 Å². The quantitative estimate of drug-likeness (QED) is 0.0502. The lowest BCUT2D eigenvalue weighted by molar-refractivity contribution is -0.148. The van der Waals surface area contributed by atoms with Gasteiger partial charge in [0.2, 0.25) is 11.6 Å². The lowest BCUT2D eigenvalue weighted by Crippen LogP contribution is -2.47. The summed E-state index contributed by atoms with van der Waals surface area (Å²) in [5.74, 6) is 0.638. The molecule has 3 heterocycles. The molecule has 0 saturated carbocycles. The van der Waals surface area contributed by atoms with Gasteiger partial charge in [0.05, 0.1) is 23.9 Å². The first-order valence-electron chi connectivity index (χ1n) is 17.1. The SMILES string of the molecule is [C-]#[N+]c1c(N2CCCC2)nc(SCc2csc(-c3ccc(Cl)cc3)n2)c(C#N)c1-c1ccc(OCCOC(=O)[C@H](C)NC(=O)[C@@H](N)CCCC)cc1. The van der Waals surface area contributed by atoms with E-state index in [4.69, 9.17) is 43.3 Å². The summed E-state index contributed by atoms with van der Waals surface area (Å²) >= 11 is 9.03.